The molecule has 0 aliphatic carbocycles. The van der Waals surface area contributed by atoms with Crippen molar-refractivity contribution in [1.82, 2.24) is 54.8 Å². The Morgan fingerprint density at radius 3 is 1.25 bits per heavy atom. The number of aliphatic imine (C=N–C) groups is 4. The molecule has 122 heavy (non-hydrogen) atoms. The molecule has 1 atom stereocenters. The number of rotatable bonds is 0. The third-order valence-corrected chi connectivity index (χ3v) is 19.4. The summed E-state index contributed by atoms with van der Waals surface area (Å²) in [6, 6.07) is 4.00. The molecule has 7 aromatic rings. The molecule has 5 aliphatic heterocycles. The fraction of sp³-hybridized carbons (Fsp3) is 0.637. The van der Waals surface area contributed by atoms with Crippen LogP contribution in [0.1, 0.15) is 364 Å². The number of H-pyrrole nitrogens is 2. The monoisotopic (exact) mass is 1680 g/mol. The minimum atomic E-state index is -0.222. The number of nitrogens with zero attached hydrogens (tertiary/aromatic N) is 13. The number of ether oxygens (including phenoxy) is 1. The predicted molar refractivity (Wildman–Crippen MR) is 516 cm³/mol. The third kappa shape index (κ3) is 42.0. The normalized spacial score (nSPS) is 15.3. The smallest absolute Gasteiger partial charge is 0.331 e. The van der Waals surface area contributed by atoms with Crippen molar-refractivity contribution in [1.29, 1.82) is 0 Å². The van der Waals surface area contributed by atoms with Gasteiger partial charge in [-0.3, -0.25) is 25.1 Å². The number of cyclic esters (lactones) is 1. The Labute approximate surface area is 740 Å². The van der Waals surface area contributed by atoms with Crippen molar-refractivity contribution in [3.05, 3.63) is 189 Å². The lowest BCUT2D eigenvalue weighted by Crippen LogP contribution is -2.25. The van der Waals surface area contributed by atoms with Crippen LogP contribution < -0.4 is 0 Å². The molecule has 0 radical (unpaired) electrons. The molecule has 2 N–H and O–H groups in total. The highest BCUT2D eigenvalue weighted by Crippen LogP contribution is 2.34. The second kappa shape index (κ2) is 45.7. The van der Waals surface area contributed by atoms with E-state index >= 15 is 0 Å². The van der Waals surface area contributed by atoms with E-state index in [0.29, 0.717) is 5.41 Å². The van der Waals surface area contributed by atoms with Gasteiger partial charge in [0.2, 0.25) is 0 Å². The maximum Gasteiger partial charge on any atom is 0.331 e. The average molecular weight is 1690 g/mol. The van der Waals surface area contributed by atoms with Crippen molar-refractivity contribution >= 4 is 28.8 Å². The van der Waals surface area contributed by atoms with Gasteiger partial charge in [-0.25, -0.2) is 34.7 Å². The van der Waals surface area contributed by atoms with Gasteiger partial charge < -0.3 is 27.6 Å². The maximum atomic E-state index is 10.6. The molecular weight excluding hydrogens is 1520 g/mol. The van der Waals surface area contributed by atoms with Crippen molar-refractivity contribution in [2.24, 2.45) is 54.1 Å². The summed E-state index contributed by atoms with van der Waals surface area (Å²) in [5, 5.41) is 10.9. The van der Waals surface area contributed by atoms with Crippen LogP contribution in [0.25, 0.3) is 0 Å². The highest BCUT2D eigenvalue weighted by Gasteiger charge is 2.30. The fourth-order valence-electron chi connectivity index (χ4n) is 11.6. The number of aromatic nitrogens is 11. The summed E-state index contributed by atoms with van der Waals surface area (Å²) in [5.41, 5.74) is 21.4. The Bertz CT molecular complexity index is 4410. The van der Waals surface area contributed by atoms with Gasteiger partial charge in [0.05, 0.1) is 42.9 Å². The number of nitrogens with one attached hydrogen (secondary N) is 2. The van der Waals surface area contributed by atoms with E-state index in [1.54, 1.807) is 18.7 Å². The molecule has 0 bridgehead atoms. The second-order valence-corrected chi connectivity index (χ2v) is 44.6. The molecule has 0 aromatic carbocycles. The van der Waals surface area contributed by atoms with Gasteiger partial charge in [0.1, 0.15) is 41.9 Å². The highest BCUT2D eigenvalue weighted by molar-refractivity contribution is 6.01. The van der Waals surface area contributed by atoms with Gasteiger partial charge >= 0.3 is 5.97 Å². The number of esters is 1. The van der Waals surface area contributed by atoms with Crippen LogP contribution in [0.4, 0.5) is 0 Å². The van der Waals surface area contributed by atoms with Crippen LogP contribution in [0, 0.1) is 75.5 Å². The quantitative estimate of drug-likeness (QED) is 0.134. The van der Waals surface area contributed by atoms with Crippen molar-refractivity contribution in [2.45, 2.75) is 376 Å². The van der Waals surface area contributed by atoms with E-state index in [1.165, 1.54) is 68.3 Å². The number of hydrogen-bond acceptors (Lipinski definition) is 17. The molecule has 20 nitrogen and oxygen atoms in total. The van der Waals surface area contributed by atoms with Crippen molar-refractivity contribution in [3.63, 3.8) is 0 Å². The zero-order valence-electron chi connectivity index (χ0n) is 85.8. The Morgan fingerprint density at radius 1 is 0.508 bits per heavy atom. The number of aryl methyl sites for hydroxylation is 7. The first-order valence-electron chi connectivity index (χ1n) is 43.4. The topological polar surface area (TPSA) is 255 Å². The zero-order chi connectivity index (χ0) is 94.9. The zero-order valence-corrected chi connectivity index (χ0v) is 85.8. The summed E-state index contributed by atoms with van der Waals surface area (Å²) in [7, 11) is 2.06. The molecule has 7 aromatic heterocycles. The third-order valence-electron chi connectivity index (χ3n) is 19.4. The lowest BCUT2D eigenvalue weighted by Gasteiger charge is -2.23. The first-order chi connectivity index (χ1) is 55.0. The molecule has 0 saturated carbocycles. The summed E-state index contributed by atoms with van der Waals surface area (Å²) < 4.78 is 22.4. The summed E-state index contributed by atoms with van der Waals surface area (Å²) in [6.45, 7) is 102. The molecule has 5 aliphatic rings. The molecular formula is C102H169N15O5. The molecule has 12 heterocycles. The highest BCUT2D eigenvalue weighted by atomic mass is 16.5. The largest absolute Gasteiger partial charge is 0.454 e. The molecule has 20 heteroatoms. The van der Waals surface area contributed by atoms with Crippen LogP contribution >= 0.6 is 0 Å². The standard InChI is InChI=1S/C9H16N2.C9H14N2.4C9H15N.2C8H14N2.3C8H13NO.C8H12O2/c1-7-10-6-8(11(7)5)9(2,3)4;1-7-5-6-10-8(11-7)9(2,3)4;1-7-5-8(6-10-7)9(2,3)4;2*1-7-8(5-6-10-7)9(2,3)4;1-7-5-6-8(10-7)9(2,3)4;1-6-9-5-7(10-6)8(2,3)4;1-6-5-7(10-9-6)8(2,3)4;1-6-9-7(5-10-6)8(2,3)4;1-6-9-5-7(10-6)8(2,3)4;1-6-7(5-10-9-6)8(2,3)4;1-8(2,3)6-4-5-7(9)10-6/h6H,1-5H3;5-6H,1-4H3;3*5H,6H2,1-4H3;6H,5H2,1-4H3;2*5H,1-4H3,(H,9,10);3*5H,1-4H3;4-6H,1-3H3. The molecule has 1 unspecified atom stereocenters. The molecule has 0 fully saturated rings. The Kier molecular flexibility index (Phi) is 41.7. The van der Waals surface area contributed by atoms with Crippen molar-refractivity contribution in [2.75, 3.05) is 19.6 Å². The summed E-state index contributed by atoms with van der Waals surface area (Å²) in [6.07, 6.45) is 24.0. The van der Waals surface area contributed by atoms with E-state index in [4.69, 9.17) is 18.1 Å². The van der Waals surface area contributed by atoms with Crippen molar-refractivity contribution < 1.29 is 22.9 Å². The Hall–Kier alpha value is -8.81. The number of carbonyl (C=O) groups excluding carboxylic acids is 1. The second-order valence-electron chi connectivity index (χ2n) is 44.6. The van der Waals surface area contributed by atoms with Crippen LogP contribution in [0.2, 0.25) is 0 Å². The van der Waals surface area contributed by atoms with E-state index in [9.17, 15) is 4.79 Å². The predicted octanol–water partition coefficient (Wildman–Crippen LogP) is 26.6. The van der Waals surface area contributed by atoms with Crippen LogP contribution in [0.15, 0.2) is 142 Å². The van der Waals surface area contributed by atoms with Crippen LogP contribution in [0.5, 0.6) is 0 Å². The van der Waals surface area contributed by atoms with Gasteiger partial charge in [0, 0.05) is 152 Å². The van der Waals surface area contributed by atoms with Gasteiger partial charge in [-0.1, -0.05) is 273 Å². The Morgan fingerprint density at radius 2 is 1.05 bits per heavy atom. The number of imidazole rings is 2. The summed E-state index contributed by atoms with van der Waals surface area (Å²) >= 11 is 0. The molecule has 12 rings (SSSR count). The van der Waals surface area contributed by atoms with E-state index < -0.39 is 0 Å². The van der Waals surface area contributed by atoms with E-state index in [-0.39, 0.29) is 71.6 Å². The average Bonchev–Trinajstić information content (AvgIpc) is 1.67. The number of hydrogen-bond donors (Lipinski definition) is 2. The number of carbonyl (C=O) groups is 1. The van der Waals surface area contributed by atoms with E-state index in [0.717, 1.165) is 89.5 Å². The lowest BCUT2D eigenvalue weighted by atomic mass is 9.84. The number of aromatic amines is 2. The molecule has 0 amide bonds. The summed E-state index contributed by atoms with van der Waals surface area (Å²) in [5.74, 6) is 5.19. The van der Waals surface area contributed by atoms with Crippen LogP contribution in [-0.2, 0) is 54.5 Å². The van der Waals surface area contributed by atoms with Gasteiger partial charge in [0.15, 0.2) is 11.8 Å². The fourth-order valence-corrected chi connectivity index (χ4v) is 11.6. The Balaban J connectivity index is 0.000000666. The van der Waals surface area contributed by atoms with Gasteiger partial charge in [-0.05, 0) is 125 Å². The van der Waals surface area contributed by atoms with Gasteiger partial charge in [-0.2, -0.15) is 5.10 Å². The number of oxazole rings is 2. The summed E-state index contributed by atoms with van der Waals surface area (Å²) in [4.78, 5) is 56.3. The van der Waals surface area contributed by atoms with Gasteiger partial charge in [-0.15, -0.1) is 0 Å². The van der Waals surface area contributed by atoms with Gasteiger partial charge in [0.25, 0.3) is 0 Å². The van der Waals surface area contributed by atoms with Crippen LogP contribution in [0.3, 0.4) is 0 Å². The minimum absolute atomic E-state index is 0.0304. The first kappa shape index (κ1) is 111. The maximum absolute atomic E-state index is 10.6. The van der Waals surface area contributed by atoms with E-state index in [1.807, 2.05) is 100.0 Å². The molecule has 682 valence electrons. The first-order valence-corrected chi connectivity index (χ1v) is 43.4. The van der Waals surface area contributed by atoms with Crippen LogP contribution in [-0.4, -0.2) is 109 Å². The van der Waals surface area contributed by atoms with E-state index in [2.05, 4.69) is 368 Å². The SMILES string of the molecule is CC(C)(C)C1C=CC(=O)O1.CC1=NC(C(C)(C)C)=CC1.CC1=NCC(C(C)(C)C)=C1.CC1=NCC=C1C(C)(C)C.CC1=NCC=C1C(C)(C)C.Cc1cc(C(C)(C)C)n[nH]1.Cc1ccnc(C(C)(C)C)n1.Cc1nc(C(C)(C)C)co1.Cc1ncc(C(C)(C)C)[nH]1.Cc1ncc(C(C)(C)C)n1C.Cc1ncc(C(C)(C)C)o1.Cc1nocc1C(C)(C)C. The van der Waals surface area contributed by atoms with Crippen molar-refractivity contribution in [3.8, 4) is 0 Å². The minimum Gasteiger partial charge on any atom is -0.454 e. The lowest BCUT2D eigenvalue weighted by molar-refractivity contribution is -0.142. The molecule has 0 spiro atoms. The molecule has 0 saturated heterocycles. The number of allylic oxidation sites excluding steroid dienone is 5.